The Kier molecular flexibility index (Phi) is 7.84. The number of ether oxygens (including phenoxy) is 1. The molecule has 11 nitrogen and oxygen atoms in total. The van der Waals surface area contributed by atoms with E-state index in [1.807, 2.05) is 13.8 Å². The van der Waals surface area contributed by atoms with Gasteiger partial charge in [0.05, 0.1) is 12.8 Å². The number of aliphatic imine (C=N–C) groups is 1. The molecule has 0 aromatic heterocycles. The highest BCUT2D eigenvalue weighted by molar-refractivity contribution is 7.86. The second kappa shape index (κ2) is 11.1. The van der Waals surface area contributed by atoms with Gasteiger partial charge in [0, 0.05) is 24.2 Å². The number of hydrogen-bond donors (Lipinski definition) is 4. The van der Waals surface area contributed by atoms with Gasteiger partial charge in [-0.05, 0) is 90.5 Å². The monoisotopic (exact) mass is 562 g/mol. The quantitative estimate of drug-likeness (QED) is 0.117. The first-order valence-electron chi connectivity index (χ1n) is 11.9. The number of phenols is 2. The number of azo groups is 1. The number of anilines is 1. The van der Waals surface area contributed by atoms with Crippen LogP contribution in [0.25, 0.3) is 10.8 Å². The SMILES string of the molecule is COc1cc(C=Nc2ccc(O)cc2C)c(C)cc1N=Nc1c(S(=O)(=O)O)cc2cc(NC(C)=O)ccc2c1O. The van der Waals surface area contributed by atoms with Crippen molar-refractivity contribution < 1.29 is 32.7 Å². The van der Waals surface area contributed by atoms with E-state index < -0.39 is 26.5 Å². The number of methoxy groups -OCH3 is 1. The van der Waals surface area contributed by atoms with Gasteiger partial charge in [-0.3, -0.25) is 14.3 Å². The van der Waals surface area contributed by atoms with E-state index in [1.54, 1.807) is 36.5 Å². The smallest absolute Gasteiger partial charge is 0.296 e. The first kappa shape index (κ1) is 28.2. The average Bonchev–Trinajstić information content (AvgIpc) is 2.87. The summed E-state index contributed by atoms with van der Waals surface area (Å²) in [6.45, 7) is 4.96. The van der Waals surface area contributed by atoms with Crippen LogP contribution in [0, 0.1) is 13.8 Å². The van der Waals surface area contributed by atoms with Gasteiger partial charge in [0.2, 0.25) is 5.91 Å². The van der Waals surface area contributed by atoms with E-state index >= 15 is 0 Å². The van der Waals surface area contributed by atoms with Crippen molar-refractivity contribution in [2.75, 3.05) is 12.4 Å². The number of rotatable bonds is 7. The van der Waals surface area contributed by atoms with E-state index in [0.717, 1.165) is 17.2 Å². The predicted octanol–water partition coefficient (Wildman–Crippen LogP) is 6.25. The topological polar surface area (TPSA) is 170 Å². The van der Waals surface area contributed by atoms with Crippen LogP contribution >= 0.6 is 0 Å². The summed E-state index contributed by atoms with van der Waals surface area (Å²) in [7, 11) is -3.39. The molecule has 0 heterocycles. The molecule has 4 aromatic carbocycles. The molecule has 0 unspecified atom stereocenters. The molecule has 0 aliphatic heterocycles. The van der Waals surface area contributed by atoms with Crippen LogP contribution < -0.4 is 10.1 Å². The van der Waals surface area contributed by atoms with Gasteiger partial charge in [-0.2, -0.15) is 8.42 Å². The molecular formula is C28H26N4O7S. The second-order valence-electron chi connectivity index (χ2n) is 8.97. The number of hydrogen-bond acceptors (Lipinski definition) is 9. The third-order valence-electron chi connectivity index (χ3n) is 6.00. The number of carbonyl (C=O) groups excluding carboxylic acids is 1. The van der Waals surface area contributed by atoms with Gasteiger partial charge in [0.15, 0.2) is 5.75 Å². The fourth-order valence-corrected chi connectivity index (χ4v) is 4.68. The van der Waals surface area contributed by atoms with Crippen molar-refractivity contribution in [1.29, 1.82) is 0 Å². The Bertz CT molecular complexity index is 1820. The first-order chi connectivity index (χ1) is 18.9. The molecule has 0 bridgehead atoms. The maximum absolute atomic E-state index is 12.2. The Labute approximate surface area is 230 Å². The third kappa shape index (κ3) is 6.08. The number of nitrogens with one attached hydrogen (secondary N) is 1. The van der Waals surface area contributed by atoms with Crippen molar-refractivity contribution in [2.45, 2.75) is 25.7 Å². The summed E-state index contributed by atoms with van der Waals surface area (Å²) in [6.07, 6.45) is 1.64. The molecule has 206 valence electrons. The summed E-state index contributed by atoms with van der Waals surface area (Å²) in [4.78, 5) is 15.2. The van der Waals surface area contributed by atoms with Crippen molar-refractivity contribution in [3.05, 3.63) is 71.3 Å². The number of aromatic hydroxyl groups is 2. The fraction of sp³-hybridized carbons (Fsp3) is 0.143. The van der Waals surface area contributed by atoms with Crippen molar-refractivity contribution in [1.82, 2.24) is 0 Å². The molecule has 0 saturated carbocycles. The van der Waals surface area contributed by atoms with E-state index in [9.17, 15) is 28.0 Å². The minimum Gasteiger partial charge on any atom is -0.508 e. The van der Waals surface area contributed by atoms with Gasteiger partial charge in [-0.15, -0.1) is 10.2 Å². The Morgan fingerprint density at radius 2 is 1.70 bits per heavy atom. The molecule has 0 aliphatic rings. The van der Waals surface area contributed by atoms with Crippen LogP contribution in [0.5, 0.6) is 17.2 Å². The molecule has 1 amide bonds. The van der Waals surface area contributed by atoms with Crippen molar-refractivity contribution in [2.24, 2.45) is 15.2 Å². The van der Waals surface area contributed by atoms with Crippen LogP contribution in [0.1, 0.15) is 23.6 Å². The zero-order chi connectivity index (χ0) is 29.2. The van der Waals surface area contributed by atoms with E-state index in [2.05, 4.69) is 20.5 Å². The van der Waals surface area contributed by atoms with Crippen LogP contribution in [0.2, 0.25) is 0 Å². The lowest BCUT2D eigenvalue weighted by atomic mass is 10.1. The molecular weight excluding hydrogens is 536 g/mol. The minimum atomic E-state index is -4.82. The fourth-order valence-electron chi connectivity index (χ4n) is 4.02. The molecule has 0 fully saturated rings. The summed E-state index contributed by atoms with van der Waals surface area (Å²) in [5.74, 6) is -0.409. The maximum Gasteiger partial charge on any atom is 0.296 e. The van der Waals surface area contributed by atoms with E-state index in [-0.39, 0.29) is 28.1 Å². The number of benzene rings is 4. The first-order valence-corrected chi connectivity index (χ1v) is 13.3. The van der Waals surface area contributed by atoms with Crippen molar-refractivity contribution in [3.8, 4) is 17.2 Å². The summed E-state index contributed by atoms with van der Waals surface area (Å²) >= 11 is 0. The molecule has 4 N–H and O–H groups in total. The van der Waals surface area contributed by atoms with Gasteiger partial charge in [0.25, 0.3) is 10.1 Å². The summed E-state index contributed by atoms with van der Waals surface area (Å²) in [5.41, 5.74) is 3.08. The van der Waals surface area contributed by atoms with E-state index in [0.29, 0.717) is 22.7 Å². The Morgan fingerprint density at radius 3 is 2.35 bits per heavy atom. The van der Waals surface area contributed by atoms with Crippen molar-refractivity contribution in [3.63, 3.8) is 0 Å². The number of nitrogens with zero attached hydrogens (tertiary/aromatic N) is 3. The van der Waals surface area contributed by atoms with E-state index in [4.69, 9.17) is 4.74 Å². The van der Waals surface area contributed by atoms with Gasteiger partial charge >= 0.3 is 0 Å². The highest BCUT2D eigenvalue weighted by atomic mass is 32.2. The highest BCUT2D eigenvalue weighted by Gasteiger charge is 2.22. The summed E-state index contributed by atoms with van der Waals surface area (Å²) < 4.78 is 39.7. The Hall–Kier alpha value is -4.81. The minimum absolute atomic E-state index is 0.147. The Morgan fingerprint density at radius 1 is 0.950 bits per heavy atom. The second-order valence-corrected chi connectivity index (χ2v) is 10.4. The van der Waals surface area contributed by atoms with Crippen LogP contribution in [-0.4, -0.2) is 42.4 Å². The van der Waals surface area contributed by atoms with Crippen LogP contribution in [0.4, 0.5) is 22.7 Å². The van der Waals surface area contributed by atoms with Gasteiger partial charge in [-0.1, -0.05) is 0 Å². The lowest BCUT2D eigenvalue weighted by Crippen LogP contribution is -2.05. The number of amides is 1. The standard InChI is InChI=1S/C28H26N4O7S/c1-15-10-24(25(39-4)12-19(15)14-29-23-8-6-21(34)9-16(23)2)31-32-27-26(40(36,37)38)13-18-11-20(30-17(3)33)5-7-22(18)28(27)35/h5-14,34-35H,1-4H3,(H,30,33)(H,36,37,38). The molecule has 0 atom stereocenters. The molecule has 12 heteroatoms. The van der Waals surface area contributed by atoms with Gasteiger partial charge in [-0.25, -0.2) is 0 Å². The normalized spacial score (nSPS) is 11.9. The predicted molar refractivity (Wildman–Crippen MR) is 152 cm³/mol. The lowest BCUT2D eigenvalue weighted by molar-refractivity contribution is -0.114. The maximum atomic E-state index is 12.2. The van der Waals surface area contributed by atoms with Crippen LogP contribution in [-0.2, 0) is 14.9 Å². The number of fused-ring (bicyclic) bond motifs is 1. The molecule has 0 saturated heterocycles. The van der Waals surface area contributed by atoms with Gasteiger partial charge in [0.1, 0.15) is 27.8 Å². The average molecular weight is 563 g/mol. The molecule has 40 heavy (non-hydrogen) atoms. The zero-order valence-electron chi connectivity index (χ0n) is 22.0. The van der Waals surface area contributed by atoms with Crippen molar-refractivity contribution >= 4 is 55.8 Å². The summed E-state index contributed by atoms with van der Waals surface area (Å²) in [5, 5.41) is 31.7. The van der Waals surface area contributed by atoms with Crippen LogP contribution in [0.3, 0.4) is 0 Å². The number of aryl methyl sites for hydroxylation is 2. The van der Waals surface area contributed by atoms with Crippen LogP contribution in [0.15, 0.2) is 74.7 Å². The lowest BCUT2D eigenvalue weighted by Gasteiger charge is -2.11. The molecule has 0 radical (unpaired) electrons. The molecule has 0 spiro atoms. The zero-order valence-corrected chi connectivity index (χ0v) is 22.8. The third-order valence-corrected chi connectivity index (χ3v) is 6.86. The number of phenolic OH excluding ortho intramolecular Hbond substituents is 2. The Balaban J connectivity index is 1.76. The van der Waals surface area contributed by atoms with E-state index in [1.165, 1.54) is 32.2 Å². The molecule has 4 rings (SSSR count). The molecule has 4 aromatic rings. The number of carbonyl (C=O) groups is 1. The molecule has 0 aliphatic carbocycles. The highest BCUT2D eigenvalue weighted by Crippen LogP contribution is 2.43. The van der Waals surface area contributed by atoms with Gasteiger partial charge < -0.3 is 20.3 Å². The largest absolute Gasteiger partial charge is 0.508 e. The summed E-state index contributed by atoms with van der Waals surface area (Å²) in [6, 6.07) is 13.8.